The number of carbonyl (C=O) groups excluding carboxylic acids is 1. The van der Waals surface area contributed by atoms with Crippen molar-refractivity contribution >= 4 is 28.0 Å². The van der Waals surface area contributed by atoms with E-state index in [1.807, 2.05) is 20.8 Å². The van der Waals surface area contributed by atoms with Gasteiger partial charge in [-0.3, -0.25) is 4.18 Å². The van der Waals surface area contributed by atoms with Gasteiger partial charge in [0.2, 0.25) is 0 Å². The summed E-state index contributed by atoms with van der Waals surface area (Å²) in [6.07, 6.45) is 2.58. The summed E-state index contributed by atoms with van der Waals surface area (Å²) in [5, 5.41) is 0.437. The molecule has 0 unspecified atom stereocenters. The molecule has 0 spiro atoms. The summed E-state index contributed by atoms with van der Waals surface area (Å²) in [5.41, 5.74) is -0.467. The molecule has 124 valence electrons. The van der Waals surface area contributed by atoms with Crippen molar-refractivity contribution in [1.29, 1.82) is 0 Å². The van der Waals surface area contributed by atoms with Gasteiger partial charge in [-0.15, -0.1) is 0 Å². The van der Waals surface area contributed by atoms with Crippen LogP contribution in [0.2, 0.25) is 0 Å². The summed E-state index contributed by atoms with van der Waals surface area (Å²) in [4.78, 5) is 13.6. The second kappa shape index (κ2) is 7.69. The zero-order valence-electron chi connectivity index (χ0n) is 13.1. The molecule has 1 fully saturated rings. The van der Waals surface area contributed by atoms with Gasteiger partial charge in [-0.1, -0.05) is 0 Å². The minimum absolute atomic E-state index is 0.204. The summed E-state index contributed by atoms with van der Waals surface area (Å²) in [6, 6.07) is 0. The maximum absolute atomic E-state index is 11.9. The van der Waals surface area contributed by atoms with Gasteiger partial charge >= 0.3 is 6.09 Å². The van der Waals surface area contributed by atoms with E-state index in [0.717, 1.165) is 19.1 Å². The van der Waals surface area contributed by atoms with Crippen molar-refractivity contribution in [2.45, 2.75) is 44.5 Å². The number of ether oxygens (including phenoxy) is 1. The molecule has 0 aromatic rings. The Morgan fingerprint density at radius 3 is 2.33 bits per heavy atom. The first-order valence-electron chi connectivity index (χ1n) is 7.01. The van der Waals surface area contributed by atoms with Crippen LogP contribution in [0.1, 0.15) is 33.6 Å². The van der Waals surface area contributed by atoms with E-state index in [9.17, 15) is 13.2 Å². The Bertz CT molecular complexity index is 436. The third kappa shape index (κ3) is 8.53. The highest BCUT2D eigenvalue weighted by Crippen LogP contribution is 2.24. The van der Waals surface area contributed by atoms with Gasteiger partial charge in [0.1, 0.15) is 5.60 Å². The first kappa shape index (κ1) is 18.6. The number of carbonyl (C=O) groups is 1. The van der Waals surface area contributed by atoms with Gasteiger partial charge in [0.15, 0.2) is 0 Å². The molecule has 1 heterocycles. The molecule has 8 heteroatoms. The number of piperidine rings is 1. The number of amides is 1. The minimum atomic E-state index is -3.35. The van der Waals surface area contributed by atoms with Crippen molar-refractivity contribution in [2.24, 2.45) is 0 Å². The van der Waals surface area contributed by atoms with Crippen LogP contribution >= 0.6 is 11.8 Å². The molecule has 6 nitrogen and oxygen atoms in total. The smallest absolute Gasteiger partial charge is 0.410 e. The van der Waals surface area contributed by atoms with Gasteiger partial charge in [-0.2, -0.15) is 20.2 Å². The third-order valence-electron chi connectivity index (χ3n) is 2.83. The molecule has 0 saturated carbocycles. The number of likely N-dealkylation sites (tertiary alicyclic amines) is 1. The van der Waals surface area contributed by atoms with Gasteiger partial charge in [0.25, 0.3) is 10.1 Å². The molecule has 1 saturated heterocycles. The van der Waals surface area contributed by atoms with Crippen LogP contribution in [0.5, 0.6) is 0 Å². The Labute approximate surface area is 131 Å². The normalized spacial score (nSPS) is 17.8. The number of nitrogens with zero attached hydrogens (tertiary/aromatic N) is 1. The topological polar surface area (TPSA) is 72.9 Å². The van der Waals surface area contributed by atoms with Crippen LogP contribution < -0.4 is 0 Å². The lowest BCUT2D eigenvalue weighted by molar-refractivity contribution is 0.0219. The Hall–Kier alpha value is -0.470. The summed E-state index contributed by atoms with van der Waals surface area (Å²) < 4.78 is 31.7. The highest BCUT2D eigenvalue weighted by molar-refractivity contribution is 7.99. The van der Waals surface area contributed by atoms with E-state index in [0.29, 0.717) is 24.1 Å². The van der Waals surface area contributed by atoms with Crippen molar-refractivity contribution in [3.63, 3.8) is 0 Å². The maximum Gasteiger partial charge on any atom is 0.410 e. The predicted molar refractivity (Wildman–Crippen MR) is 84.1 cm³/mol. The summed E-state index contributed by atoms with van der Waals surface area (Å²) in [6.45, 7) is 7.13. The molecule has 0 aromatic carbocycles. The van der Waals surface area contributed by atoms with E-state index in [1.165, 1.54) is 0 Å². The van der Waals surface area contributed by atoms with E-state index >= 15 is 0 Å². The summed E-state index contributed by atoms with van der Waals surface area (Å²) >= 11 is 1.70. The Morgan fingerprint density at radius 2 is 1.86 bits per heavy atom. The molecule has 1 amide bonds. The second-order valence-electron chi connectivity index (χ2n) is 6.06. The fourth-order valence-electron chi connectivity index (χ4n) is 1.93. The SMILES string of the molecule is CC(C)(C)OC(=O)N1CCC(SCCOS(C)(=O)=O)CC1. The molecular formula is C13H25NO5S2. The van der Waals surface area contributed by atoms with Crippen molar-refractivity contribution in [3.8, 4) is 0 Å². The quantitative estimate of drug-likeness (QED) is 0.564. The molecule has 0 aromatic heterocycles. The van der Waals surface area contributed by atoms with Crippen molar-refractivity contribution < 1.29 is 22.1 Å². The molecule has 1 aliphatic rings. The lowest BCUT2D eigenvalue weighted by Crippen LogP contribution is -2.42. The van der Waals surface area contributed by atoms with Crippen molar-refractivity contribution in [3.05, 3.63) is 0 Å². The van der Waals surface area contributed by atoms with E-state index < -0.39 is 15.7 Å². The van der Waals surface area contributed by atoms with E-state index in [4.69, 9.17) is 8.92 Å². The molecule has 0 bridgehead atoms. The molecule has 0 radical (unpaired) electrons. The number of thioether (sulfide) groups is 1. The molecule has 21 heavy (non-hydrogen) atoms. The second-order valence-corrected chi connectivity index (χ2v) is 9.12. The fraction of sp³-hybridized carbons (Fsp3) is 0.923. The van der Waals surface area contributed by atoms with Crippen LogP contribution in [0.15, 0.2) is 0 Å². The summed E-state index contributed by atoms with van der Waals surface area (Å²) in [7, 11) is -3.35. The van der Waals surface area contributed by atoms with E-state index in [-0.39, 0.29) is 12.7 Å². The van der Waals surface area contributed by atoms with Crippen LogP contribution in [-0.2, 0) is 19.0 Å². The van der Waals surface area contributed by atoms with Gasteiger partial charge in [0, 0.05) is 24.1 Å². The Morgan fingerprint density at radius 1 is 1.29 bits per heavy atom. The summed E-state index contributed by atoms with van der Waals surface area (Å²) in [5.74, 6) is 0.643. The van der Waals surface area contributed by atoms with Crippen LogP contribution in [0, 0.1) is 0 Å². The predicted octanol–water partition coefficient (Wildman–Crippen LogP) is 2.10. The number of hydrogen-bond acceptors (Lipinski definition) is 6. The first-order chi connectivity index (χ1) is 9.57. The van der Waals surface area contributed by atoms with Crippen LogP contribution in [0.25, 0.3) is 0 Å². The average Bonchev–Trinajstić information content (AvgIpc) is 2.32. The lowest BCUT2D eigenvalue weighted by atomic mass is 10.1. The van der Waals surface area contributed by atoms with Crippen LogP contribution in [0.3, 0.4) is 0 Å². The zero-order valence-corrected chi connectivity index (χ0v) is 14.8. The molecule has 0 aliphatic carbocycles. The Balaban J connectivity index is 2.22. The van der Waals surface area contributed by atoms with Gasteiger partial charge in [0.05, 0.1) is 12.9 Å². The highest BCUT2D eigenvalue weighted by atomic mass is 32.2. The maximum atomic E-state index is 11.9. The van der Waals surface area contributed by atoms with E-state index in [2.05, 4.69) is 0 Å². The van der Waals surface area contributed by atoms with Crippen molar-refractivity contribution in [2.75, 3.05) is 31.7 Å². The standard InChI is InChI=1S/C13H25NO5S2/c1-13(2,3)19-12(15)14-7-5-11(6-8-14)20-10-9-18-21(4,16)17/h11H,5-10H2,1-4H3. The largest absolute Gasteiger partial charge is 0.444 e. The first-order valence-corrected chi connectivity index (χ1v) is 9.87. The molecule has 1 aliphatic heterocycles. The number of rotatable bonds is 5. The lowest BCUT2D eigenvalue weighted by Gasteiger charge is -2.33. The minimum Gasteiger partial charge on any atom is -0.444 e. The molecule has 1 rings (SSSR count). The van der Waals surface area contributed by atoms with Gasteiger partial charge in [-0.05, 0) is 33.6 Å². The molecular weight excluding hydrogens is 314 g/mol. The monoisotopic (exact) mass is 339 g/mol. The molecule has 0 N–H and O–H groups in total. The average molecular weight is 339 g/mol. The highest BCUT2D eigenvalue weighted by Gasteiger charge is 2.26. The van der Waals surface area contributed by atoms with Gasteiger partial charge < -0.3 is 9.64 Å². The Kier molecular flexibility index (Phi) is 6.80. The zero-order chi connectivity index (χ0) is 16.1. The van der Waals surface area contributed by atoms with Crippen LogP contribution in [0.4, 0.5) is 4.79 Å². The van der Waals surface area contributed by atoms with Gasteiger partial charge in [-0.25, -0.2) is 4.79 Å². The van der Waals surface area contributed by atoms with Crippen molar-refractivity contribution in [1.82, 2.24) is 4.90 Å². The number of hydrogen-bond donors (Lipinski definition) is 0. The third-order valence-corrected chi connectivity index (χ3v) is 4.77. The van der Waals surface area contributed by atoms with Crippen LogP contribution in [-0.4, -0.2) is 62.0 Å². The van der Waals surface area contributed by atoms with E-state index in [1.54, 1.807) is 16.7 Å². The molecule has 0 atom stereocenters. The fourth-order valence-corrected chi connectivity index (χ4v) is 3.48.